The Hall–Kier alpha value is -2.57. The molecule has 1 aliphatic rings. The highest BCUT2D eigenvalue weighted by Crippen LogP contribution is 2.26. The smallest absolute Gasteiger partial charge is 0.229 e. The Labute approximate surface area is 163 Å². The zero-order valence-corrected chi connectivity index (χ0v) is 16.1. The number of carbonyl (C=O) groups is 1. The summed E-state index contributed by atoms with van der Waals surface area (Å²) in [5, 5.41) is 6.33. The fraction of sp³-hybridized carbons (Fsp3) is 0.286. The van der Waals surface area contributed by atoms with Crippen LogP contribution in [0.3, 0.4) is 0 Å². The summed E-state index contributed by atoms with van der Waals surface area (Å²) >= 11 is 1.59. The Morgan fingerprint density at radius 2 is 2.15 bits per heavy atom. The van der Waals surface area contributed by atoms with Gasteiger partial charge in [-0.3, -0.25) is 9.78 Å². The van der Waals surface area contributed by atoms with E-state index in [9.17, 15) is 4.79 Å². The lowest BCUT2D eigenvalue weighted by molar-refractivity contribution is -0.133. The number of nitrogens with one attached hydrogen (secondary N) is 1. The van der Waals surface area contributed by atoms with Crippen molar-refractivity contribution in [2.24, 2.45) is 0 Å². The summed E-state index contributed by atoms with van der Waals surface area (Å²) in [4.78, 5) is 23.8. The maximum atomic E-state index is 13.0. The summed E-state index contributed by atoms with van der Waals surface area (Å²) in [7, 11) is 0. The second kappa shape index (κ2) is 7.98. The summed E-state index contributed by atoms with van der Waals surface area (Å²) in [6.45, 7) is 4.34. The molecule has 0 spiro atoms. The fourth-order valence-electron chi connectivity index (χ4n) is 3.35. The van der Waals surface area contributed by atoms with Crippen LogP contribution >= 0.6 is 11.3 Å². The van der Waals surface area contributed by atoms with Crippen molar-refractivity contribution in [3.05, 3.63) is 71.0 Å². The molecule has 138 valence electrons. The number of aryl methyl sites for hydroxylation is 1. The van der Waals surface area contributed by atoms with E-state index in [1.807, 2.05) is 28.6 Å². The fourth-order valence-corrected chi connectivity index (χ4v) is 4.17. The molecule has 0 radical (unpaired) electrons. The third-order valence-corrected chi connectivity index (χ3v) is 5.76. The highest BCUT2D eigenvalue weighted by atomic mass is 32.1. The minimum atomic E-state index is 0.0233. The number of amides is 1. The first-order chi connectivity index (χ1) is 13.2. The third-order valence-electron chi connectivity index (χ3n) is 4.82. The molecule has 1 saturated heterocycles. The van der Waals surface area contributed by atoms with E-state index in [1.54, 1.807) is 17.5 Å². The molecule has 6 heteroatoms. The Kier molecular flexibility index (Phi) is 5.27. The molecule has 0 aliphatic carbocycles. The van der Waals surface area contributed by atoms with Gasteiger partial charge in [0.1, 0.15) is 5.01 Å². The van der Waals surface area contributed by atoms with Crippen molar-refractivity contribution in [3.63, 3.8) is 0 Å². The van der Waals surface area contributed by atoms with Crippen molar-refractivity contribution in [2.75, 3.05) is 19.6 Å². The van der Waals surface area contributed by atoms with Gasteiger partial charge < -0.3 is 10.2 Å². The number of thiazole rings is 1. The van der Waals surface area contributed by atoms with Crippen LogP contribution < -0.4 is 5.32 Å². The number of rotatable bonds is 4. The van der Waals surface area contributed by atoms with Gasteiger partial charge in [-0.2, -0.15) is 0 Å². The number of benzene rings is 1. The summed E-state index contributed by atoms with van der Waals surface area (Å²) in [6, 6.07) is 12.3. The lowest BCUT2D eigenvalue weighted by atomic mass is 10.0. The molecule has 0 bridgehead atoms. The van der Waals surface area contributed by atoms with Gasteiger partial charge in [0.15, 0.2) is 0 Å². The van der Waals surface area contributed by atoms with E-state index in [2.05, 4.69) is 46.5 Å². The average molecular weight is 379 g/mol. The van der Waals surface area contributed by atoms with E-state index in [0.29, 0.717) is 13.0 Å². The van der Waals surface area contributed by atoms with E-state index >= 15 is 0 Å². The predicted molar refractivity (Wildman–Crippen MR) is 108 cm³/mol. The molecule has 3 aromatic rings. The molecular weight excluding hydrogens is 356 g/mol. The highest BCUT2D eigenvalue weighted by Gasteiger charge is 2.28. The predicted octanol–water partition coefficient (Wildman–Crippen LogP) is 3.23. The van der Waals surface area contributed by atoms with Crippen LogP contribution in [0.5, 0.6) is 0 Å². The Balaban J connectivity index is 1.49. The van der Waals surface area contributed by atoms with Crippen LogP contribution in [0.25, 0.3) is 10.6 Å². The van der Waals surface area contributed by atoms with Gasteiger partial charge >= 0.3 is 0 Å². The van der Waals surface area contributed by atoms with E-state index in [4.69, 9.17) is 0 Å². The minimum Gasteiger partial charge on any atom is -0.333 e. The lowest BCUT2D eigenvalue weighted by Crippen LogP contribution is -2.49. The van der Waals surface area contributed by atoms with Gasteiger partial charge in [0.2, 0.25) is 5.91 Å². The van der Waals surface area contributed by atoms with E-state index in [1.165, 1.54) is 5.56 Å². The first kappa shape index (κ1) is 17.8. The Morgan fingerprint density at radius 3 is 2.93 bits per heavy atom. The number of aromatic nitrogens is 2. The van der Waals surface area contributed by atoms with Crippen molar-refractivity contribution in [1.29, 1.82) is 0 Å². The summed E-state index contributed by atoms with van der Waals surface area (Å²) in [6.07, 6.45) is 3.93. The number of piperazine rings is 1. The monoisotopic (exact) mass is 378 g/mol. The van der Waals surface area contributed by atoms with Gasteiger partial charge in [0.25, 0.3) is 0 Å². The maximum Gasteiger partial charge on any atom is 0.229 e. The molecule has 1 aromatic carbocycles. The van der Waals surface area contributed by atoms with E-state index in [-0.39, 0.29) is 11.9 Å². The Bertz CT molecular complexity index is 907. The summed E-state index contributed by atoms with van der Waals surface area (Å²) in [5.74, 6) is 0.117. The second-order valence-corrected chi connectivity index (χ2v) is 7.64. The molecule has 0 saturated carbocycles. The highest BCUT2D eigenvalue weighted by molar-refractivity contribution is 7.13. The van der Waals surface area contributed by atoms with Crippen molar-refractivity contribution in [3.8, 4) is 10.6 Å². The molecule has 27 heavy (non-hydrogen) atoms. The quantitative estimate of drug-likeness (QED) is 0.757. The molecule has 1 fully saturated rings. The van der Waals surface area contributed by atoms with Crippen LogP contribution in [0.2, 0.25) is 0 Å². The van der Waals surface area contributed by atoms with Gasteiger partial charge in [0.05, 0.1) is 18.2 Å². The summed E-state index contributed by atoms with van der Waals surface area (Å²) in [5.41, 5.74) is 4.23. The molecule has 1 amide bonds. The molecular formula is C21H22N4OS. The SMILES string of the molecule is Cc1ccc(-c2nc(CC(=O)N3CCNCC3c3cccnc3)cs2)cc1. The van der Waals surface area contributed by atoms with E-state index < -0.39 is 0 Å². The van der Waals surface area contributed by atoms with Crippen LogP contribution in [-0.2, 0) is 11.2 Å². The van der Waals surface area contributed by atoms with Crippen LogP contribution in [0.4, 0.5) is 0 Å². The third kappa shape index (κ3) is 4.07. The van der Waals surface area contributed by atoms with Crippen molar-refractivity contribution in [1.82, 2.24) is 20.2 Å². The molecule has 3 heterocycles. The number of carbonyl (C=O) groups excluding carboxylic acids is 1. The topological polar surface area (TPSA) is 58.1 Å². The molecule has 4 rings (SSSR count). The van der Waals surface area contributed by atoms with Gasteiger partial charge in [-0.25, -0.2) is 4.98 Å². The standard InChI is InChI=1S/C21H22N4OS/c1-15-4-6-16(7-5-15)21-24-18(14-27-21)11-20(26)25-10-9-23-13-19(25)17-3-2-8-22-12-17/h2-8,12,14,19,23H,9-11,13H2,1H3. The number of hydrogen-bond donors (Lipinski definition) is 1. The number of nitrogens with zero attached hydrogens (tertiary/aromatic N) is 3. The van der Waals surface area contributed by atoms with Gasteiger partial charge in [0, 0.05) is 43.0 Å². The van der Waals surface area contributed by atoms with Gasteiger partial charge in [-0.05, 0) is 18.6 Å². The molecule has 5 nitrogen and oxygen atoms in total. The molecule has 1 N–H and O–H groups in total. The maximum absolute atomic E-state index is 13.0. The zero-order valence-electron chi connectivity index (χ0n) is 15.3. The number of pyridine rings is 1. The average Bonchev–Trinajstić information content (AvgIpc) is 3.17. The molecule has 1 atom stereocenters. The summed E-state index contributed by atoms with van der Waals surface area (Å²) < 4.78 is 0. The first-order valence-corrected chi connectivity index (χ1v) is 10.0. The van der Waals surface area contributed by atoms with Gasteiger partial charge in [-0.1, -0.05) is 35.9 Å². The van der Waals surface area contributed by atoms with Crippen LogP contribution in [0.1, 0.15) is 22.9 Å². The van der Waals surface area contributed by atoms with Crippen LogP contribution in [0, 0.1) is 6.92 Å². The number of hydrogen-bond acceptors (Lipinski definition) is 5. The van der Waals surface area contributed by atoms with Crippen LogP contribution in [-0.4, -0.2) is 40.4 Å². The van der Waals surface area contributed by atoms with E-state index in [0.717, 1.165) is 34.9 Å². The largest absolute Gasteiger partial charge is 0.333 e. The second-order valence-electron chi connectivity index (χ2n) is 6.78. The minimum absolute atomic E-state index is 0.0233. The van der Waals surface area contributed by atoms with Gasteiger partial charge in [-0.15, -0.1) is 11.3 Å². The zero-order chi connectivity index (χ0) is 18.6. The van der Waals surface area contributed by atoms with Crippen molar-refractivity contribution >= 4 is 17.2 Å². The molecule has 1 unspecified atom stereocenters. The molecule has 2 aromatic heterocycles. The van der Waals surface area contributed by atoms with Crippen LogP contribution in [0.15, 0.2) is 54.2 Å². The normalized spacial score (nSPS) is 17.1. The molecule has 1 aliphatic heterocycles. The van der Waals surface area contributed by atoms with Crippen molar-refractivity contribution in [2.45, 2.75) is 19.4 Å². The Morgan fingerprint density at radius 1 is 1.30 bits per heavy atom. The lowest BCUT2D eigenvalue weighted by Gasteiger charge is -2.36. The first-order valence-electron chi connectivity index (χ1n) is 9.12. The van der Waals surface area contributed by atoms with Crippen molar-refractivity contribution < 1.29 is 4.79 Å².